The lowest BCUT2D eigenvalue weighted by molar-refractivity contribution is -0.131. The molecule has 196 valence electrons. The van der Waals surface area contributed by atoms with E-state index in [1.807, 2.05) is 91.0 Å². The number of hydrogen-bond donors (Lipinski definition) is 0. The third kappa shape index (κ3) is 8.36. The highest BCUT2D eigenvalue weighted by molar-refractivity contribution is 7.42. The molecule has 37 heavy (non-hydrogen) atoms. The minimum atomic E-state index is -2.03. The Balaban J connectivity index is 1.92. The van der Waals surface area contributed by atoms with Crippen LogP contribution in [0, 0.1) is 0 Å². The van der Waals surface area contributed by atoms with Crippen LogP contribution >= 0.6 is 8.60 Å². The molecule has 3 aromatic rings. The molecule has 0 amide bonds. The van der Waals surface area contributed by atoms with Crippen molar-refractivity contribution in [3.63, 3.8) is 0 Å². The first-order valence-electron chi connectivity index (χ1n) is 13.2. The van der Waals surface area contributed by atoms with E-state index in [4.69, 9.17) is 13.6 Å². The second-order valence-corrected chi connectivity index (χ2v) is 10.3. The first-order valence-corrected chi connectivity index (χ1v) is 14.3. The van der Waals surface area contributed by atoms with Crippen molar-refractivity contribution in [1.82, 2.24) is 0 Å². The molecule has 4 nitrogen and oxygen atoms in total. The summed E-state index contributed by atoms with van der Waals surface area (Å²) in [5.74, 6) is -0.520. The second kappa shape index (κ2) is 15.5. The van der Waals surface area contributed by atoms with E-state index < -0.39 is 20.2 Å². The average molecular weight is 519 g/mol. The molecule has 1 unspecified atom stereocenters. The Bertz CT molecular complexity index is 973. The standard InChI is InChI=1S/C32H39O4P/c1-4-5-6-7-8-9-19-26-34-37(35-31(33)27(2)3)36-32(28-20-13-10-14-21-28,29-22-15-11-16-23-29)30-24-17-12-18-25-30/h10-18,20-25H,2,4-9,19,26H2,1,3H3. The SMILES string of the molecule is C=C(C)C(=O)OP(OCCCCCCCCC)OC(c1ccccc1)(c1ccccc1)c1ccccc1. The molecule has 3 rings (SSSR count). The smallest absolute Gasteiger partial charge is 0.391 e. The minimum Gasteiger partial charge on any atom is -0.391 e. The molecule has 0 heterocycles. The summed E-state index contributed by atoms with van der Waals surface area (Å²) in [5, 5.41) is 0. The Kier molecular flexibility index (Phi) is 12.0. The molecule has 0 saturated heterocycles. The minimum absolute atomic E-state index is 0.306. The van der Waals surface area contributed by atoms with Crippen molar-refractivity contribution in [1.29, 1.82) is 0 Å². The van der Waals surface area contributed by atoms with Crippen LogP contribution in [0.25, 0.3) is 0 Å². The number of unbranched alkanes of at least 4 members (excludes halogenated alkanes) is 6. The van der Waals surface area contributed by atoms with Crippen molar-refractivity contribution >= 4 is 14.6 Å². The van der Waals surface area contributed by atoms with Gasteiger partial charge in [0.1, 0.15) is 0 Å². The molecule has 1 atom stereocenters. The molecule has 0 aliphatic rings. The van der Waals surface area contributed by atoms with Gasteiger partial charge >= 0.3 is 14.6 Å². The topological polar surface area (TPSA) is 44.8 Å². The molecule has 0 spiro atoms. The lowest BCUT2D eigenvalue weighted by Crippen LogP contribution is -2.32. The fourth-order valence-electron chi connectivity index (χ4n) is 4.20. The van der Waals surface area contributed by atoms with Gasteiger partial charge in [-0.15, -0.1) is 0 Å². The second-order valence-electron chi connectivity index (χ2n) is 9.21. The Morgan fingerprint density at radius 2 is 1.16 bits per heavy atom. The van der Waals surface area contributed by atoms with Crippen LogP contribution in [-0.2, 0) is 24.0 Å². The zero-order valence-corrected chi connectivity index (χ0v) is 23.0. The van der Waals surface area contributed by atoms with Crippen LogP contribution in [0.2, 0.25) is 0 Å². The van der Waals surface area contributed by atoms with Gasteiger partial charge in [-0.3, -0.25) is 4.52 Å². The summed E-state index contributed by atoms with van der Waals surface area (Å²) in [5.41, 5.74) is 2.04. The van der Waals surface area contributed by atoms with Gasteiger partial charge in [0.2, 0.25) is 0 Å². The molecule has 0 N–H and O–H groups in total. The Labute approximate surface area is 223 Å². The third-order valence-corrected chi connectivity index (χ3v) is 7.33. The zero-order chi connectivity index (χ0) is 26.3. The maximum Gasteiger partial charge on any atom is 0.401 e. The van der Waals surface area contributed by atoms with E-state index in [1.54, 1.807) is 6.92 Å². The average Bonchev–Trinajstić information content (AvgIpc) is 2.94. The van der Waals surface area contributed by atoms with E-state index >= 15 is 0 Å². The number of rotatable bonds is 16. The van der Waals surface area contributed by atoms with Gasteiger partial charge in [-0.2, -0.15) is 0 Å². The lowest BCUT2D eigenvalue weighted by Gasteiger charge is -2.37. The van der Waals surface area contributed by atoms with Gasteiger partial charge in [0.25, 0.3) is 0 Å². The summed E-state index contributed by atoms with van der Waals surface area (Å²) in [6.45, 7) is 8.06. The van der Waals surface area contributed by atoms with E-state index in [0.29, 0.717) is 12.2 Å². The van der Waals surface area contributed by atoms with Crippen molar-refractivity contribution in [3.8, 4) is 0 Å². The maximum atomic E-state index is 12.6. The van der Waals surface area contributed by atoms with Crippen LogP contribution in [0.3, 0.4) is 0 Å². The molecule has 0 aromatic heterocycles. The number of hydrogen-bond acceptors (Lipinski definition) is 4. The van der Waals surface area contributed by atoms with E-state index in [9.17, 15) is 4.79 Å². The third-order valence-electron chi connectivity index (χ3n) is 6.20. The van der Waals surface area contributed by atoms with Crippen molar-refractivity contribution in [2.75, 3.05) is 6.61 Å². The number of carbonyl (C=O) groups excluding carboxylic acids is 1. The molecular formula is C32H39O4P. The molecule has 0 aliphatic heterocycles. The fourth-order valence-corrected chi connectivity index (χ4v) is 5.46. The highest BCUT2D eigenvalue weighted by atomic mass is 31.2. The number of carbonyl (C=O) groups is 1. The van der Waals surface area contributed by atoms with E-state index in [-0.39, 0.29) is 0 Å². The van der Waals surface area contributed by atoms with Gasteiger partial charge in [0.15, 0.2) is 5.60 Å². The summed E-state index contributed by atoms with van der Waals surface area (Å²) < 4.78 is 18.8. The quantitative estimate of drug-likeness (QED) is 0.0821. The Morgan fingerprint density at radius 3 is 1.59 bits per heavy atom. The first-order chi connectivity index (χ1) is 18.1. The molecule has 0 fully saturated rings. The van der Waals surface area contributed by atoms with Crippen LogP contribution in [0.15, 0.2) is 103 Å². The molecule has 3 aromatic carbocycles. The van der Waals surface area contributed by atoms with Crippen LogP contribution < -0.4 is 0 Å². The van der Waals surface area contributed by atoms with Crippen molar-refractivity contribution < 1.29 is 18.4 Å². The molecule has 0 saturated carbocycles. The lowest BCUT2D eigenvalue weighted by atomic mass is 9.80. The van der Waals surface area contributed by atoms with Crippen LogP contribution in [0.5, 0.6) is 0 Å². The van der Waals surface area contributed by atoms with E-state index in [1.165, 1.54) is 32.1 Å². The highest BCUT2D eigenvalue weighted by Crippen LogP contribution is 2.53. The van der Waals surface area contributed by atoms with Gasteiger partial charge in [0, 0.05) is 5.57 Å². The van der Waals surface area contributed by atoms with Gasteiger partial charge in [-0.05, 0) is 30.0 Å². The van der Waals surface area contributed by atoms with Gasteiger partial charge in [-0.1, -0.05) is 143 Å². The number of benzene rings is 3. The van der Waals surface area contributed by atoms with Crippen molar-refractivity contribution in [3.05, 3.63) is 120 Å². The molecule has 5 heteroatoms. The van der Waals surface area contributed by atoms with Crippen molar-refractivity contribution in [2.45, 2.75) is 64.4 Å². The van der Waals surface area contributed by atoms with E-state index in [0.717, 1.165) is 29.5 Å². The maximum absolute atomic E-state index is 12.6. The van der Waals surface area contributed by atoms with Gasteiger partial charge in [0.05, 0.1) is 6.61 Å². The predicted molar refractivity (Wildman–Crippen MR) is 152 cm³/mol. The largest absolute Gasteiger partial charge is 0.401 e. The summed E-state index contributed by atoms with van der Waals surface area (Å²) in [6.07, 6.45) is 8.17. The molecule has 0 bridgehead atoms. The summed E-state index contributed by atoms with van der Waals surface area (Å²) >= 11 is 0. The Morgan fingerprint density at radius 1 is 0.730 bits per heavy atom. The summed E-state index contributed by atoms with van der Waals surface area (Å²) in [7, 11) is -2.03. The molecule has 0 radical (unpaired) electrons. The van der Waals surface area contributed by atoms with Crippen molar-refractivity contribution in [2.24, 2.45) is 0 Å². The van der Waals surface area contributed by atoms with Crippen LogP contribution in [0.4, 0.5) is 0 Å². The van der Waals surface area contributed by atoms with Gasteiger partial charge < -0.3 is 9.05 Å². The molecular weight excluding hydrogens is 479 g/mol. The Hall–Kier alpha value is -2.78. The zero-order valence-electron chi connectivity index (χ0n) is 22.1. The highest BCUT2D eigenvalue weighted by Gasteiger charge is 2.42. The normalized spacial score (nSPS) is 12.2. The fraction of sp³-hybridized carbons (Fsp3) is 0.344. The monoisotopic (exact) mass is 518 g/mol. The summed E-state index contributed by atoms with van der Waals surface area (Å²) in [4.78, 5) is 12.6. The first kappa shape index (κ1) is 28.8. The summed E-state index contributed by atoms with van der Waals surface area (Å²) in [6, 6.07) is 30.0. The van der Waals surface area contributed by atoms with Gasteiger partial charge in [-0.25, -0.2) is 4.79 Å². The van der Waals surface area contributed by atoms with E-state index in [2.05, 4.69) is 13.5 Å². The van der Waals surface area contributed by atoms with Crippen LogP contribution in [-0.4, -0.2) is 12.6 Å². The molecule has 0 aliphatic carbocycles. The predicted octanol–water partition coefficient (Wildman–Crippen LogP) is 9.11. The van der Waals surface area contributed by atoms with Crippen LogP contribution in [0.1, 0.15) is 75.5 Å².